The Bertz CT molecular complexity index is 188. The summed E-state index contributed by atoms with van der Waals surface area (Å²) in [5.74, 6) is 5.34. The van der Waals surface area contributed by atoms with Gasteiger partial charge in [-0.3, -0.25) is 0 Å². The maximum Gasteiger partial charge on any atom is -0.00490 e. The van der Waals surface area contributed by atoms with E-state index in [1.165, 1.54) is 12.8 Å². The average molecular weight is 211 g/mol. The van der Waals surface area contributed by atoms with Gasteiger partial charge >= 0.3 is 0 Å². The molecule has 1 fully saturated rings. The molecule has 0 heterocycles. The molecule has 0 aliphatic heterocycles. The normalized spacial score (nSPS) is 34.2. The topological polar surface area (TPSA) is 26.0 Å². The van der Waals surface area contributed by atoms with E-state index in [4.69, 9.17) is 5.73 Å². The van der Waals surface area contributed by atoms with Gasteiger partial charge < -0.3 is 5.73 Å². The van der Waals surface area contributed by atoms with Gasteiger partial charge in [-0.15, -0.1) is 0 Å². The first-order valence-corrected chi connectivity index (χ1v) is 6.67. The molecule has 90 valence electrons. The van der Waals surface area contributed by atoms with Crippen molar-refractivity contribution in [2.45, 2.75) is 47.5 Å². The van der Waals surface area contributed by atoms with Gasteiger partial charge in [0.05, 0.1) is 0 Å². The van der Waals surface area contributed by atoms with Gasteiger partial charge in [-0.05, 0) is 54.9 Å². The summed E-state index contributed by atoms with van der Waals surface area (Å²) in [6, 6.07) is 0. The molecule has 0 spiro atoms. The van der Waals surface area contributed by atoms with E-state index in [2.05, 4.69) is 34.6 Å². The molecular weight excluding hydrogens is 182 g/mol. The third-order valence-corrected chi connectivity index (χ3v) is 4.49. The van der Waals surface area contributed by atoms with Crippen LogP contribution in [-0.4, -0.2) is 6.54 Å². The van der Waals surface area contributed by atoms with E-state index in [9.17, 15) is 0 Å². The predicted molar refractivity (Wildman–Crippen MR) is 67.6 cm³/mol. The van der Waals surface area contributed by atoms with Gasteiger partial charge in [0.1, 0.15) is 0 Å². The van der Waals surface area contributed by atoms with Gasteiger partial charge in [0.15, 0.2) is 0 Å². The summed E-state index contributed by atoms with van der Waals surface area (Å²) < 4.78 is 0. The lowest BCUT2D eigenvalue weighted by Gasteiger charge is -2.18. The fourth-order valence-corrected chi connectivity index (χ4v) is 2.85. The van der Waals surface area contributed by atoms with Gasteiger partial charge in [0, 0.05) is 0 Å². The first-order chi connectivity index (χ1) is 6.97. The minimum atomic E-state index is 0.692. The molecule has 5 atom stereocenters. The molecule has 0 aromatic heterocycles. The van der Waals surface area contributed by atoms with Crippen molar-refractivity contribution in [3.63, 3.8) is 0 Å². The summed E-state index contributed by atoms with van der Waals surface area (Å²) in [5.41, 5.74) is 5.72. The minimum Gasteiger partial charge on any atom is -0.330 e. The molecule has 0 aromatic rings. The van der Waals surface area contributed by atoms with Gasteiger partial charge in [0.2, 0.25) is 0 Å². The van der Waals surface area contributed by atoms with Crippen LogP contribution in [0.3, 0.4) is 0 Å². The quantitative estimate of drug-likeness (QED) is 0.714. The highest BCUT2D eigenvalue weighted by atomic mass is 14.6. The zero-order valence-corrected chi connectivity index (χ0v) is 11.2. The van der Waals surface area contributed by atoms with Gasteiger partial charge in [-0.25, -0.2) is 0 Å². The maximum absolute atomic E-state index is 5.72. The first-order valence-electron chi connectivity index (χ1n) is 6.67. The lowest BCUT2D eigenvalue weighted by Crippen LogP contribution is -2.19. The highest BCUT2D eigenvalue weighted by molar-refractivity contribution is 4.95. The molecule has 0 aromatic carbocycles. The molecule has 0 saturated heterocycles. The first kappa shape index (κ1) is 13.0. The molecule has 1 rings (SSSR count). The van der Waals surface area contributed by atoms with Crippen molar-refractivity contribution in [3.8, 4) is 0 Å². The van der Waals surface area contributed by atoms with Crippen molar-refractivity contribution < 1.29 is 0 Å². The Kier molecular flexibility index (Phi) is 4.64. The summed E-state index contributed by atoms with van der Waals surface area (Å²) in [6.45, 7) is 12.6. The third-order valence-electron chi connectivity index (χ3n) is 4.49. The Morgan fingerprint density at radius 1 is 0.933 bits per heavy atom. The molecule has 1 heteroatoms. The van der Waals surface area contributed by atoms with Crippen LogP contribution in [0.5, 0.6) is 0 Å². The SMILES string of the molecule is CC(C)CC1C(CC(C)C(C)CN)[C@H]1C. The van der Waals surface area contributed by atoms with Crippen LogP contribution in [0.25, 0.3) is 0 Å². The predicted octanol–water partition coefficient (Wildman–Crippen LogP) is 3.54. The summed E-state index contributed by atoms with van der Waals surface area (Å²) in [6.07, 6.45) is 2.83. The van der Waals surface area contributed by atoms with Crippen LogP contribution in [0.4, 0.5) is 0 Å². The van der Waals surface area contributed by atoms with Crippen molar-refractivity contribution in [2.75, 3.05) is 6.54 Å². The second kappa shape index (κ2) is 5.34. The molecule has 0 bridgehead atoms. The smallest absolute Gasteiger partial charge is 0.00490 e. The summed E-state index contributed by atoms with van der Waals surface area (Å²) in [5, 5.41) is 0. The number of hydrogen-bond acceptors (Lipinski definition) is 1. The Morgan fingerprint density at radius 3 is 1.93 bits per heavy atom. The summed E-state index contributed by atoms with van der Waals surface area (Å²) in [4.78, 5) is 0. The fourth-order valence-electron chi connectivity index (χ4n) is 2.85. The van der Waals surface area contributed by atoms with Crippen LogP contribution in [-0.2, 0) is 0 Å². The van der Waals surface area contributed by atoms with Crippen LogP contribution >= 0.6 is 0 Å². The molecule has 1 saturated carbocycles. The maximum atomic E-state index is 5.72. The molecule has 1 nitrogen and oxygen atoms in total. The minimum absolute atomic E-state index is 0.692. The Morgan fingerprint density at radius 2 is 1.47 bits per heavy atom. The third kappa shape index (κ3) is 3.48. The van der Waals surface area contributed by atoms with Crippen molar-refractivity contribution in [2.24, 2.45) is 41.2 Å². The molecule has 15 heavy (non-hydrogen) atoms. The largest absolute Gasteiger partial charge is 0.330 e. The highest BCUT2D eigenvalue weighted by Crippen LogP contribution is 2.53. The van der Waals surface area contributed by atoms with Crippen molar-refractivity contribution in [1.82, 2.24) is 0 Å². The van der Waals surface area contributed by atoms with E-state index in [1.807, 2.05) is 0 Å². The van der Waals surface area contributed by atoms with Crippen LogP contribution in [0, 0.1) is 35.5 Å². The highest BCUT2D eigenvalue weighted by Gasteiger charge is 2.46. The Balaban J connectivity index is 2.29. The van der Waals surface area contributed by atoms with Crippen LogP contribution in [0.15, 0.2) is 0 Å². The standard InChI is InChI=1S/C14H29N/c1-9(2)6-13-12(5)14(13)7-10(3)11(4)8-15/h9-14H,6-8,15H2,1-5H3/t10?,11?,12-,13?,14?/m0/s1. The van der Waals surface area contributed by atoms with Gasteiger partial charge in [0.25, 0.3) is 0 Å². The van der Waals surface area contributed by atoms with Crippen LogP contribution in [0.2, 0.25) is 0 Å². The van der Waals surface area contributed by atoms with E-state index >= 15 is 0 Å². The lowest BCUT2D eigenvalue weighted by molar-refractivity contribution is 0.340. The molecule has 1 aliphatic carbocycles. The van der Waals surface area contributed by atoms with Crippen LogP contribution in [0.1, 0.15) is 47.5 Å². The zero-order chi connectivity index (χ0) is 11.6. The molecule has 2 N–H and O–H groups in total. The second-order valence-electron chi connectivity index (χ2n) is 6.24. The molecule has 0 radical (unpaired) electrons. The van der Waals surface area contributed by atoms with E-state index in [-0.39, 0.29) is 0 Å². The van der Waals surface area contributed by atoms with E-state index in [1.54, 1.807) is 0 Å². The molecule has 4 unspecified atom stereocenters. The van der Waals surface area contributed by atoms with Crippen molar-refractivity contribution >= 4 is 0 Å². The molecule has 1 aliphatic rings. The van der Waals surface area contributed by atoms with E-state index in [0.717, 1.165) is 36.1 Å². The Hall–Kier alpha value is -0.0400. The van der Waals surface area contributed by atoms with E-state index < -0.39 is 0 Å². The summed E-state index contributed by atoms with van der Waals surface area (Å²) >= 11 is 0. The monoisotopic (exact) mass is 211 g/mol. The molecule has 0 amide bonds. The second-order valence-corrected chi connectivity index (χ2v) is 6.24. The van der Waals surface area contributed by atoms with Crippen molar-refractivity contribution in [3.05, 3.63) is 0 Å². The lowest BCUT2D eigenvalue weighted by atomic mass is 9.90. The number of rotatable bonds is 6. The van der Waals surface area contributed by atoms with E-state index in [0.29, 0.717) is 5.92 Å². The zero-order valence-electron chi connectivity index (χ0n) is 11.2. The van der Waals surface area contributed by atoms with Gasteiger partial charge in [-0.1, -0.05) is 34.6 Å². The average Bonchev–Trinajstić information content (AvgIpc) is 2.75. The number of hydrogen-bond donors (Lipinski definition) is 1. The summed E-state index contributed by atoms with van der Waals surface area (Å²) in [7, 11) is 0. The Labute approximate surface area is 95.8 Å². The fraction of sp³-hybridized carbons (Fsp3) is 1.00. The number of nitrogens with two attached hydrogens (primary N) is 1. The van der Waals surface area contributed by atoms with Crippen molar-refractivity contribution in [1.29, 1.82) is 0 Å². The van der Waals surface area contributed by atoms with Crippen LogP contribution < -0.4 is 5.73 Å². The van der Waals surface area contributed by atoms with Gasteiger partial charge in [-0.2, -0.15) is 0 Å². The molecular formula is C14H29N.